The van der Waals surface area contributed by atoms with E-state index >= 15 is 0 Å². The van der Waals surface area contributed by atoms with E-state index in [0.29, 0.717) is 17.9 Å². The SMILES string of the molecule is CCCCOc1ccc(C(=O)Oc2ccc(OC(F)F)nc2)cc1. The summed E-state index contributed by atoms with van der Waals surface area (Å²) >= 11 is 0. The molecule has 2 aromatic rings. The van der Waals surface area contributed by atoms with Gasteiger partial charge in [-0.2, -0.15) is 8.78 Å². The van der Waals surface area contributed by atoms with Crippen LogP contribution < -0.4 is 14.2 Å². The highest BCUT2D eigenvalue weighted by Crippen LogP contribution is 2.18. The van der Waals surface area contributed by atoms with Gasteiger partial charge in [0.05, 0.1) is 18.4 Å². The third-order valence-electron chi connectivity index (χ3n) is 2.99. The lowest BCUT2D eigenvalue weighted by Gasteiger charge is -2.07. The molecule has 0 spiro atoms. The Morgan fingerprint density at radius 1 is 1.12 bits per heavy atom. The number of nitrogens with zero attached hydrogens (tertiary/aromatic N) is 1. The average Bonchev–Trinajstić information content (AvgIpc) is 2.57. The molecule has 0 saturated carbocycles. The van der Waals surface area contributed by atoms with Crippen molar-refractivity contribution in [2.75, 3.05) is 6.61 Å². The first-order valence-corrected chi connectivity index (χ1v) is 7.44. The van der Waals surface area contributed by atoms with Crippen LogP contribution in [0.4, 0.5) is 8.78 Å². The lowest BCUT2D eigenvalue weighted by atomic mass is 10.2. The van der Waals surface area contributed by atoms with Crippen LogP contribution in [-0.4, -0.2) is 24.2 Å². The molecule has 0 unspecified atom stereocenters. The van der Waals surface area contributed by atoms with Crippen molar-refractivity contribution in [1.82, 2.24) is 4.98 Å². The smallest absolute Gasteiger partial charge is 0.388 e. The van der Waals surface area contributed by atoms with Gasteiger partial charge in [-0.05, 0) is 36.8 Å². The van der Waals surface area contributed by atoms with Gasteiger partial charge in [-0.1, -0.05) is 13.3 Å². The van der Waals surface area contributed by atoms with Gasteiger partial charge in [0.1, 0.15) is 11.5 Å². The second-order valence-electron chi connectivity index (χ2n) is 4.83. The Balaban J connectivity index is 1.91. The molecule has 1 aromatic carbocycles. The Hall–Kier alpha value is -2.70. The number of esters is 1. The number of alkyl halides is 2. The van der Waals surface area contributed by atoms with Crippen LogP contribution in [0.15, 0.2) is 42.6 Å². The molecule has 5 nitrogen and oxygen atoms in total. The van der Waals surface area contributed by atoms with Gasteiger partial charge in [0.2, 0.25) is 5.88 Å². The summed E-state index contributed by atoms with van der Waals surface area (Å²) in [6.07, 6.45) is 3.14. The van der Waals surface area contributed by atoms with Gasteiger partial charge in [0.25, 0.3) is 0 Å². The molecule has 128 valence electrons. The van der Waals surface area contributed by atoms with Crippen molar-refractivity contribution in [1.29, 1.82) is 0 Å². The Morgan fingerprint density at radius 2 is 1.83 bits per heavy atom. The molecular weight excluding hydrogens is 320 g/mol. The van der Waals surface area contributed by atoms with Gasteiger partial charge >= 0.3 is 12.6 Å². The summed E-state index contributed by atoms with van der Waals surface area (Å²) in [6, 6.07) is 9.06. The van der Waals surface area contributed by atoms with Gasteiger partial charge in [0.15, 0.2) is 0 Å². The summed E-state index contributed by atoms with van der Waals surface area (Å²) in [6.45, 7) is -0.258. The van der Waals surface area contributed by atoms with E-state index in [1.807, 2.05) is 0 Å². The van der Waals surface area contributed by atoms with Crippen LogP contribution in [0.2, 0.25) is 0 Å². The molecule has 0 bridgehead atoms. The maximum atomic E-state index is 12.0. The van der Waals surface area contributed by atoms with E-state index in [2.05, 4.69) is 16.6 Å². The minimum Gasteiger partial charge on any atom is -0.494 e. The van der Waals surface area contributed by atoms with Crippen LogP contribution in [0.3, 0.4) is 0 Å². The van der Waals surface area contributed by atoms with E-state index in [0.717, 1.165) is 19.0 Å². The quantitative estimate of drug-likeness (QED) is 0.536. The number of aromatic nitrogens is 1. The minimum absolute atomic E-state index is 0.130. The van der Waals surface area contributed by atoms with Gasteiger partial charge in [-0.15, -0.1) is 0 Å². The summed E-state index contributed by atoms with van der Waals surface area (Å²) < 4.78 is 38.8. The van der Waals surface area contributed by atoms with Crippen molar-refractivity contribution in [2.45, 2.75) is 26.4 Å². The van der Waals surface area contributed by atoms with E-state index in [1.54, 1.807) is 24.3 Å². The molecule has 0 aliphatic heterocycles. The Morgan fingerprint density at radius 3 is 2.42 bits per heavy atom. The van der Waals surface area contributed by atoms with Crippen LogP contribution >= 0.6 is 0 Å². The van der Waals surface area contributed by atoms with Gasteiger partial charge in [-0.3, -0.25) is 0 Å². The highest BCUT2D eigenvalue weighted by atomic mass is 19.3. The molecule has 0 atom stereocenters. The lowest BCUT2D eigenvalue weighted by Crippen LogP contribution is -2.09. The molecule has 7 heteroatoms. The van der Waals surface area contributed by atoms with E-state index in [-0.39, 0.29) is 11.6 Å². The first-order chi connectivity index (χ1) is 11.6. The number of rotatable bonds is 8. The monoisotopic (exact) mass is 337 g/mol. The zero-order chi connectivity index (χ0) is 17.4. The van der Waals surface area contributed by atoms with E-state index in [9.17, 15) is 13.6 Å². The predicted octanol–water partition coefficient (Wildman–Crippen LogP) is 4.08. The first kappa shape index (κ1) is 17.7. The molecule has 0 aliphatic rings. The normalized spacial score (nSPS) is 10.5. The number of hydrogen-bond donors (Lipinski definition) is 0. The third-order valence-corrected chi connectivity index (χ3v) is 2.99. The number of benzene rings is 1. The Labute approximate surface area is 138 Å². The molecule has 1 aromatic heterocycles. The number of ether oxygens (including phenoxy) is 3. The van der Waals surface area contributed by atoms with Crippen LogP contribution in [0.25, 0.3) is 0 Å². The van der Waals surface area contributed by atoms with Crippen molar-refractivity contribution < 1.29 is 27.8 Å². The fourth-order valence-electron chi connectivity index (χ4n) is 1.78. The molecule has 24 heavy (non-hydrogen) atoms. The second-order valence-corrected chi connectivity index (χ2v) is 4.83. The fourth-order valence-corrected chi connectivity index (χ4v) is 1.78. The lowest BCUT2D eigenvalue weighted by molar-refractivity contribution is -0.0529. The zero-order valence-electron chi connectivity index (χ0n) is 13.1. The van der Waals surface area contributed by atoms with E-state index in [1.165, 1.54) is 12.1 Å². The minimum atomic E-state index is -2.95. The van der Waals surface area contributed by atoms with Crippen molar-refractivity contribution in [2.24, 2.45) is 0 Å². The largest absolute Gasteiger partial charge is 0.494 e. The van der Waals surface area contributed by atoms with Gasteiger partial charge in [0, 0.05) is 6.07 Å². The van der Waals surface area contributed by atoms with Crippen LogP contribution in [0.5, 0.6) is 17.4 Å². The fraction of sp³-hybridized carbons (Fsp3) is 0.294. The zero-order valence-corrected chi connectivity index (χ0v) is 13.1. The molecule has 0 fully saturated rings. The van der Waals surface area contributed by atoms with E-state index < -0.39 is 12.6 Å². The standard InChI is InChI=1S/C17H17F2NO4/c1-2-3-10-22-13-6-4-12(5-7-13)16(21)23-14-8-9-15(20-11-14)24-17(18)19/h4-9,11,17H,2-3,10H2,1H3. The summed E-state index contributed by atoms with van der Waals surface area (Å²) in [7, 11) is 0. The Bertz CT molecular complexity index is 645. The van der Waals surface area contributed by atoms with Crippen LogP contribution in [0, 0.1) is 0 Å². The third kappa shape index (κ3) is 5.49. The molecule has 0 N–H and O–H groups in total. The van der Waals surface area contributed by atoms with Gasteiger partial charge < -0.3 is 14.2 Å². The average molecular weight is 337 g/mol. The van der Waals surface area contributed by atoms with Crippen LogP contribution in [0.1, 0.15) is 30.1 Å². The predicted molar refractivity (Wildman–Crippen MR) is 82.7 cm³/mol. The maximum absolute atomic E-state index is 12.0. The van der Waals surface area contributed by atoms with Crippen molar-refractivity contribution in [3.05, 3.63) is 48.2 Å². The van der Waals surface area contributed by atoms with Crippen LogP contribution in [-0.2, 0) is 0 Å². The highest BCUT2D eigenvalue weighted by molar-refractivity contribution is 5.91. The molecule has 1 heterocycles. The molecular formula is C17H17F2NO4. The number of carbonyl (C=O) groups is 1. The summed E-state index contributed by atoms with van der Waals surface area (Å²) in [5.74, 6) is -0.0297. The molecule has 0 amide bonds. The number of unbranched alkanes of at least 4 members (excludes halogenated alkanes) is 1. The summed E-state index contributed by atoms with van der Waals surface area (Å²) in [4.78, 5) is 15.6. The summed E-state index contributed by atoms with van der Waals surface area (Å²) in [5, 5.41) is 0. The first-order valence-electron chi connectivity index (χ1n) is 7.44. The number of hydrogen-bond acceptors (Lipinski definition) is 5. The molecule has 0 saturated heterocycles. The maximum Gasteiger partial charge on any atom is 0.388 e. The second kappa shape index (κ2) is 8.81. The number of pyridine rings is 1. The number of halogens is 2. The van der Waals surface area contributed by atoms with Gasteiger partial charge in [-0.25, -0.2) is 9.78 Å². The number of carbonyl (C=O) groups excluding carboxylic acids is 1. The molecule has 0 radical (unpaired) electrons. The van der Waals surface area contributed by atoms with Crippen molar-refractivity contribution in [3.63, 3.8) is 0 Å². The van der Waals surface area contributed by atoms with Crippen molar-refractivity contribution in [3.8, 4) is 17.4 Å². The summed E-state index contributed by atoms with van der Waals surface area (Å²) in [5.41, 5.74) is 0.339. The molecule has 2 rings (SSSR count). The van der Waals surface area contributed by atoms with E-state index in [4.69, 9.17) is 9.47 Å². The van der Waals surface area contributed by atoms with Crippen molar-refractivity contribution >= 4 is 5.97 Å². The molecule has 0 aliphatic carbocycles. The Kier molecular flexibility index (Phi) is 6.48. The topological polar surface area (TPSA) is 57.7 Å². The highest BCUT2D eigenvalue weighted by Gasteiger charge is 2.10.